The SMILES string of the molecule is CSCCCCCNc1nc(Cl)nc(OC(C)C)n1. The Morgan fingerprint density at radius 2 is 2.00 bits per heavy atom. The standard InChI is InChI=1S/C12H21ClN4OS/c1-9(2)18-12-16-10(13)15-11(17-12)14-7-5-4-6-8-19-3/h9H,4-8H2,1-3H3,(H,14,15,16,17). The van der Waals surface area contributed by atoms with Gasteiger partial charge in [0.15, 0.2) is 0 Å². The molecule has 0 fully saturated rings. The van der Waals surface area contributed by atoms with Crippen LogP contribution in [0.4, 0.5) is 5.95 Å². The molecule has 0 unspecified atom stereocenters. The van der Waals surface area contributed by atoms with Crippen molar-refractivity contribution in [2.45, 2.75) is 39.2 Å². The summed E-state index contributed by atoms with van der Waals surface area (Å²) in [5.41, 5.74) is 0. The van der Waals surface area contributed by atoms with Gasteiger partial charge in [-0.1, -0.05) is 6.42 Å². The maximum absolute atomic E-state index is 5.83. The number of thioether (sulfide) groups is 1. The molecule has 7 heteroatoms. The summed E-state index contributed by atoms with van der Waals surface area (Å²) in [5.74, 6) is 1.68. The first-order valence-electron chi connectivity index (χ1n) is 6.43. The summed E-state index contributed by atoms with van der Waals surface area (Å²) in [4.78, 5) is 12.1. The summed E-state index contributed by atoms with van der Waals surface area (Å²) in [6.45, 7) is 4.66. The lowest BCUT2D eigenvalue weighted by Gasteiger charge is -2.09. The number of rotatable bonds is 9. The zero-order valence-corrected chi connectivity index (χ0v) is 13.2. The van der Waals surface area contributed by atoms with E-state index >= 15 is 0 Å². The number of unbranched alkanes of at least 4 members (excludes halogenated alkanes) is 2. The van der Waals surface area contributed by atoms with Crippen molar-refractivity contribution in [1.82, 2.24) is 15.0 Å². The Balaban J connectivity index is 2.38. The number of hydrogen-bond donors (Lipinski definition) is 1. The van der Waals surface area contributed by atoms with Gasteiger partial charge < -0.3 is 10.1 Å². The maximum atomic E-state index is 5.83. The minimum Gasteiger partial charge on any atom is -0.461 e. The third-order valence-corrected chi connectivity index (χ3v) is 3.10. The van der Waals surface area contributed by atoms with Gasteiger partial charge in [0.25, 0.3) is 0 Å². The monoisotopic (exact) mass is 304 g/mol. The van der Waals surface area contributed by atoms with Gasteiger partial charge in [-0.3, -0.25) is 0 Å². The Bertz CT molecular complexity index is 379. The zero-order chi connectivity index (χ0) is 14.1. The van der Waals surface area contributed by atoms with Crippen LogP contribution in [0.5, 0.6) is 6.01 Å². The molecule has 0 aliphatic rings. The predicted molar refractivity (Wildman–Crippen MR) is 81.3 cm³/mol. The third kappa shape index (κ3) is 7.42. The first-order valence-corrected chi connectivity index (χ1v) is 8.20. The van der Waals surface area contributed by atoms with E-state index in [1.165, 1.54) is 18.6 Å². The van der Waals surface area contributed by atoms with Crippen LogP contribution in [0.15, 0.2) is 0 Å². The lowest BCUT2D eigenvalue weighted by atomic mass is 10.2. The van der Waals surface area contributed by atoms with Gasteiger partial charge >= 0.3 is 6.01 Å². The van der Waals surface area contributed by atoms with Gasteiger partial charge in [-0.15, -0.1) is 0 Å². The number of aromatic nitrogens is 3. The molecular weight excluding hydrogens is 284 g/mol. The minimum absolute atomic E-state index is 0.0119. The van der Waals surface area contributed by atoms with Gasteiger partial charge in [-0.05, 0) is 50.3 Å². The van der Waals surface area contributed by atoms with Crippen molar-refractivity contribution < 1.29 is 4.74 Å². The fraction of sp³-hybridized carbons (Fsp3) is 0.750. The van der Waals surface area contributed by atoms with E-state index in [1.54, 1.807) is 0 Å². The highest BCUT2D eigenvalue weighted by Crippen LogP contribution is 2.12. The molecule has 0 amide bonds. The molecule has 0 aliphatic heterocycles. The highest BCUT2D eigenvalue weighted by molar-refractivity contribution is 7.98. The fourth-order valence-electron chi connectivity index (χ4n) is 1.42. The van der Waals surface area contributed by atoms with Crippen LogP contribution in [0.2, 0.25) is 5.28 Å². The molecule has 1 aromatic rings. The lowest BCUT2D eigenvalue weighted by molar-refractivity contribution is 0.222. The largest absolute Gasteiger partial charge is 0.461 e. The average Bonchev–Trinajstić information content (AvgIpc) is 2.32. The smallest absolute Gasteiger partial charge is 0.322 e. The molecule has 108 valence electrons. The molecule has 0 radical (unpaired) electrons. The second-order valence-corrected chi connectivity index (χ2v) is 5.68. The van der Waals surface area contributed by atoms with Crippen molar-refractivity contribution in [3.8, 4) is 6.01 Å². The molecule has 0 aromatic carbocycles. The van der Waals surface area contributed by atoms with Gasteiger partial charge in [0.1, 0.15) is 0 Å². The lowest BCUT2D eigenvalue weighted by Crippen LogP contribution is -2.12. The molecule has 1 heterocycles. The van der Waals surface area contributed by atoms with Crippen LogP contribution in [0.1, 0.15) is 33.1 Å². The molecule has 1 rings (SSSR count). The van der Waals surface area contributed by atoms with E-state index in [0.717, 1.165) is 13.0 Å². The number of hydrogen-bond acceptors (Lipinski definition) is 6. The maximum Gasteiger partial charge on any atom is 0.322 e. The molecule has 19 heavy (non-hydrogen) atoms. The van der Waals surface area contributed by atoms with E-state index in [9.17, 15) is 0 Å². The first kappa shape index (κ1) is 16.3. The predicted octanol–water partition coefficient (Wildman–Crippen LogP) is 3.26. The highest BCUT2D eigenvalue weighted by Gasteiger charge is 2.07. The van der Waals surface area contributed by atoms with Gasteiger partial charge in [0, 0.05) is 6.54 Å². The van der Waals surface area contributed by atoms with Gasteiger partial charge in [0.2, 0.25) is 11.2 Å². The van der Waals surface area contributed by atoms with Crippen LogP contribution in [-0.2, 0) is 0 Å². The summed E-state index contributed by atoms with van der Waals surface area (Å²) in [5, 5.41) is 3.29. The highest BCUT2D eigenvalue weighted by atomic mass is 35.5. The summed E-state index contributed by atoms with van der Waals surface area (Å²) < 4.78 is 5.41. The molecule has 0 aliphatic carbocycles. The van der Waals surface area contributed by atoms with Crippen molar-refractivity contribution in [2.24, 2.45) is 0 Å². The average molecular weight is 305 g/mol. The van der Waals surface area contributed by atoms with Gasteiger partial charge in [0.05, 0.1) is 6.10 Å². The van der Waals surface area contributed by atoms with Crippen molar-refractivity contribution in [3.63, 3.8) is 0 Å². The quantitative estimate of drug-likeness (QED) is 0.707. The summed E-state index contributed by atoms with van der Waals surface area (Å²) in [6.07, 6.45) is 5.66. The molecule has 1 aromatic heterocycles. The minimum atomic E-state index is 0.0119. The molecule has 0 saturated heterocycles. The zero-order valence-electron chi connectivity index (χ0n) is 11.6. The molecule has 0 bridgehead atoms. The number of anilines is 1. The van der Waals surface area contributed by atoms with Crippen LogP contribution in [0.3, 0.4) is 0 Å². The van der Waals surface area contributed by atoms with Crippen LogP contribution < -0.4 is 10.1 Å². The first-order chi connectivity index (χ1) is 9.11. The Morgan fingerprint density at radius 3 is 2.68 bits per heavy atom. The summed E-state index contributed by atoms with van der Waals surface area (Å²) >= 11 is 7.71. The van der Waals surface area contributed by atoms with Crippen molar-refractivity contribution in [3.05, 3.63) is 5.28 Å². The third-order valence-electron chi connectivity index (χ3n) is 2.24. The van der Waals surface area contributed by atoms with Crippen molar-refractivity contribution >= 4 is 29.3 Å². The molecule has 5 nitrogen and oxygen atoms in total. The topological polar surface area (TPSA) is 59.9 Å². The number of halogens is 1. The number of nitrogens with zero attached hydrogens (tertiary/aromatic N) is 3. The summed E-state index contributed by atoms with van der Waals surface area (Å²) in [7, 11) is 0. The second-order valence-electron chi connectivity index (χ2n) is 4.36. The van der Waals surface area contributed by atoms with Gasteiger partial charge in [-0.25, -0.2) is 0 Å². The molecule has 1 N–H and O–H groups in total. The Morgan fingerprint density at radius 1 is 1.21 bits per heavy atom. The van der Waals surface area contributed by atoms with Crippen LogP contribution in [0, 0.1) is 0 Å². The van der Waals surface area contributed by atoms with E-state index < -0.39 is 0 Å². The van der Waals surface area contributed by atoms with E-state index in [1.807, 2.05) is 25.6 Å². The summed E-state index contributed by atoms with van der Waals surface area (Å²) in [6, 6.07) is 0.264. The number of nitrogens with one attached hydrogen (secondary N) is 1. The van der Waals surface area contributed by atoms with Crippen LogP contribution >= 0.6 is 23.4 Å². The van der Waals surface area contributed by atoms with E-state index in [-0.39, 0.29) is 17.4 Å². The Labute approximate surface area is 123 Å². The van der Waals surface area contributed by atoms with Crippen molar-refractivity contribution in [1.29, 1.82) is 0 Å². The van der Waals surface area contributed by atoms with Crippen LogP contribution in [-0.4, -0.2) is 39.6 Å². The molecule has 0 atom stereocenters. The molecular formula is C12H21ClN4OS. The van der Waals surface area contributed by atoms with Crippen LogP contribution in [0.25, 0.3) is 0 Å². The normalized spacial score (nSPS) is 10.8. The van der Waals surface area contributed by atoms with Gasteiger partial charge in [-0.2, -0.15) is 26.7 Å². The Kier molecular flexibility index (Phi) is 7.90. The van der Waals surface area contributed by atoms with E-state index in [2.05, 4.69) is 26.5 Å². The Hall–Kier alpha value is -0.750. The molecule has 0 saturated carbocycles. The van der Waals surface area contributed by atoms with Crippen molar-refractivity contribution in [2.75, 3.05) is 23.9 Å². The van der Waals surface area contributed by atoms with E-state index in [4.69, 9.17) is 16.3 Å². The molecule has 0 spiro atoms. The number of ether oxygens (including phenoxy) is 1. The second kappa shape index (κ2) is 9.20. The fourth-order valence-corrected chi connectivity index (χ4v) is 2.07. The van der Waals surface area contributed by atoms with E-state index in [0.29, 0.717) is 5.95 Å².